The molecule has 0 saturated heterocycles. The maximum atomic E-state index is 11.9. The van der Waals surface area contributed by atoms with Crippen molar-refractivity contribution in [3.05, 3.63) is 24.3 Å². The lowest BCUT2D eigenvalue weighted by Gasteiger charge is -2.04. The van der Waals surface area contributed by atoms with E-state index in [0.717, 1.165) is 32.1 Å². The normalized spacial score (nSPS) is 11.7. The molecule has 0 unspecified atom stereocenters. The summed E-state index contributed by atoms with van der Waals surface area (Å²) >= 11 is 0. The van der Waals surface area contributed by atoms with Crippen molar-refractivity contribution in [1.29, 1.82) is 0 Å². The second-order valence-electron chi connectivity index (χ2n) is 12.2. The molecule has 0 rings (SSSR count). The van der Waals surface area contributed by atoms with Crippen molar-refractivity contribution in [2.24, 2.45) is 0 Å². The van der Waals surface area contributed by atoms with E-state index in [1.165, 1.54) is 148 Å². The summed E-state index contributed by atoms with van der Waals surface area (Å²) in [5.74, 6) is -0.674. The van der Waals surface area contributed by atoms with Gasteiger partial charge in [0, 0.05) is 12.8 Å². The number of hydrogen-bond donors (Lipinski definition) is 0. The third-order valence-corrected chi connectivity index (χ3v) is 8.01. The van der Waals surface area contributed by atoms with E-state index in [2.05, 4.69) is 38.2 Å². The van der Waals surface area contributed by atoms with Gasteiger partial charge in [-0.05, 0) is 64.2 Å². The summed E-state index contributed by atoms with van der Waals surface area (Å²) < 4.78 is 5.00. The number of carbonyl (C=O) groups excluding carboxylic acids is 2. The molecule has 0 amide bonds. The molecule has 0 radical (unpaired) electrons. The van der Waals surface area contributed by atoms with Crippen LogP contribution in [0, 0.1) is 0 Å². The summed E-state index contributed by atoms with van der Waals surface area (Å²) in [6, 6.07) is 0. The Labute approximate surface area is 256 Å². The third-order valence-electron chi connectivity index (χ3n) is 8.01. The molecule has 0 atom stereocenters. The Balaban J connectivity index is 3.33. The summed E-state index contributed by atoms with van der Waals surface area (Å²) in [7, 11) is 0. The van der Waals surface area contributed by atoms with Crippen molar-refractivity contribution in [2.45, 2.75) is 206 Å². The Kier molecular flexibility index (Phi) is 33.6. The quantitative estimate of drug-likeness (QED) is 0.0347. The van der Waals surface area contributed by atoms with Crippen molar-refractivity contribution in [2.75, 3.05) is 0 Å². The molecular formula is C38H70O3. The van der Waals surface area contributed by atoms with Gasteiger partial charge in [-0.1, -0.05) is 154 Å². The van der Waals surface area contributed by atoms with E-state index in [1.807, 2.05) is 0 Å². The average molecular weight is 575 g/mol. The minimum atomic E-state index is -0.339. The summed E-state index contributed by atoms with van der Waals surface area (Å²) in [4.78, 5) is 23.8. The molecule has 240 valence electrons. The van der Waals surface area contributed by atoms with Crippen LogP contribution in [-0.4, -0.2) is 11.9 Å². The standard InChI is InChI=1S/C38H70O3/c1-3-5-7-9-11-13-15-17-18-19-20-21-22-24-26-28-30-32-34-36-38(40)41-37(39)35-33-31-29-27-25-23-16-14-12-10-8-6-4-2/h14,16-18H,3-13,15,19-36H2,1-2H3/b16-14-,18-17-. The van der Waals surface area contributed by atoms with Gasteiger partial charge in [0.05, 0.1) is 0 Å². The van der Waals surface area contributed by atoms with Crippen molar-refractivity contribution < 1.29 is 14.3 Å². The van der Waals surface area contributed by atoms with E-state index in [1.54, 1.807) is 0 Å². The summed E-state index contributed by atoms with van der Waals surface area (Å²) in [5, 5.41) is 0. The van der Waals surface area contributed by atoms with Crippen LogP contribution >= 0.6 is 0 Å². The van der Waals surface area contributed by atoms with Crippen LogP contribution in [0.1, 0.15) is 206 Å². The van der Waals surface area contributed by atoms with E-state index in [-0.39, 0.29) is 11.9 Å². The highest BCUT2D eigenvalue weighted by atomic mass is 16.6. The minimum absolute atomic E-state index is 0.336. The van der Waals surface area contributed by atoms with Crippen LogP contribution in [-0.2, 0) is 14.3 Å². The highest BCUT2D eigenvalue weighted by Gasteiger charge is 2.09. The third kappa shape index (κ3) is 34.7. The molecule has 3 heteroatoms. The van der Waals surface area contributed by atoms with Crippen molar-refractivity contribution in [3.63, 3.8) is 0 Å². The first-order chi connectivity index (χ1) is 20.2. The Morgan fingerprint density at radius 2 is 0.610 bits per heavy atom. The number of allylic oxidation sites excluding steroid dienone is 4. The minimum Gasteiger partial charge on any atom is -0.393 e. The number of esters is 2. The zero-order valence-electron chi connectivity index (χ0n) is 27.7. The van der Waals surface area contributed by atoms with Gasteiger partial charge in [-0.2, -0.15) is 0 Å². The van der Waals surface area contributed by atoms with Gasteiger partial charge in [0.2, 0.25) is 0 Å². The Morgan fingerprint density at radius 3 is 0.927 bits per heavy atom. The summed E-state index contributed by atoms with van der Waals surface area (Å²) in [6.45, 7) is 4.53. The Bertz CT molecular complexity index is 607. The molecule has 0 saturated carbocycles. The highest BCUT2D eigenvalue weighted by molar-refractivity contribution is 5.85. The van der Waals surface area contributed by atoms with Gasteiger partial charge in [0.1, 0.15) is 0 Å². The van der Waals surface area contributed by atoms with Crippen molar-refractivity contribution in [3.8, 4) is 0 Å². The molecule has 0 fully saturated rings. The molecule has 0 spiro atoms. The zero-order chi connectivity index (χ0) is 29.9. The molecular weight excluding hydrogens is 504 g/mol. The van der Waals surface area contributed by atoms with Gasteiger partial charge in [-0.25, -0.2) is 0 Å². The van der Waals surface area contributed by atoms with Crippen LogP contribution in [0.4, 0.5) is 0 Å². The molecule has 0 heterocycles. The maximum absolute atomic E-state index is 11.9. The van der Waals surface area contributed by atoms with Crippen LogP contribution in [0.5, 0.6) is 0 Å². The van der Waals surface area contributed by atoms with Crippen LogP contribution < -0.4 is 0 Å². The number of rotatable bonds is 32. The van der Waals surface area contributed by atoms with Gasteiger partial charge in [0.25, 0.3) is 0 Å². The molecule has 41 heavy (non-hydrogen) atoms. The van der Waals surface area contributed by atoms with Crippen LogP contribution in [0.2, 0.25) is 0 Å². The predicted octanol–water partition coefficient (Wildman–Crippen LogP) is 12.9. The van der Waals surface area contributed by atoms with Crippen LogP contribution in [0.25, 0.3) is 0 Å². The zero-order valence-corrected chi connectivity index (χ0v) is 27.7. The molecule has 0 aromatic rings. The van der Waals surface area contributed by atoms with Crippen molar-refractivity contribution >= 4 is 11.9 Å². The topological polar surface area (TPSA) is 43.4 Å². The van der Waals surface area contributed by atoms with E-state index in [9.17, 15) is 9.59 Å². The second-order valence-corrected chi connectivity index (χ2v) is 12.2. The van der Waals surface area contributed by atoms with Gasteiger partial charge in [0.15, 0.2) is 0 Å². The first-order valence-corrected chi connectivity index (χ1v) is 18.2. The fourth-order valence-corrected chi connectivity index (χ4v) is 5.26. The van der Waals surface area contributed by atoms with E-state index in [4.69, 9.17) is 4.74 Å². The Hall–Kier alpha value is -1.38. The molecule has 0 aliphatic heterocycles. The van der Waals surface area contributed by atoms with E-state index in [0.29, 0.717) is 12.8 Å². The fraction of sp³-hybridized carbons (Fsp3) is 0.842. The molecule has 3 nitrogen and oxygen atoms in total. The van der Waals surface area contributed by atoms with Crippen LogP contribution in [0.3, 0.4) is 0 Å². The molecule has 0 bridgehead atoms. The highest BCUT2D eigenvalue weighted by Crippen LogP contribution is 2.13. The average Bonchev–Trinajstić information content (AvgIpc) is 2.96. The lowest BCUT2D eigenvalue weighted by atomic mass is 10.1. The lowest BCUT2D eigenvalue weighted by molar-refractivity contribution is -0.159. The van der Waals surface area contributed by atoms with E-state index < -0.39 is 0 Å². The summed E-state index contributed by atoms with van der Waals surface area (Å²) in [6.07, 6.45) is 45.2. The first-order valence-electron chi connectivity index (χ1n) is 18.2. The van der Waals surface area contributed by atoms with Gasteiger partial charge < -0.3 is 4.74 Å². The predicted molar refractivity (Wildman–Crippen MR) is 179 cm³/mol. The van der Waals surface area contributed by atoms with Crippen molar-refractivity contribution in [1.82, 2.24) is 0 Å². The molecule has 0 aliphatic carbocycles. The molecule has 0 aromatic carbocycles. The lowest BCUT2D eigenvalue weighted by Crippen LogP contribution is -2.11. The van der Waals surface area contributed by atoms with Gasteiger partial charge >= 0.3 is 11.9 Å². The van der Waals surface area contributed by atoms with E-state index >= 15 is 0 Å². The fourth-order valence-electron chi connectivity index (χ4n) is 5.26. The smallest absolute Gasteiger partial charge is 0.313 e. The monoisotopic (exact) mass is 575 g/mol. The number of carbonyl (C=O) groups is 2. The molecule has 0 N–H and O–H groups in total. The SMILES string of the molecule is CCCCCC/C=C\CCCCCCCC(=O)OC(=O)CCCCCCCCCCC/C=C\CCCCCCCC. The second kappa shape index (κ2) is 34.8. The van der Waals surface area contributed by atoms with Crippen LogP contribution in [0.15, 0.2) is 24.3 Å². The molecule has 0 aliphatic rings. The Morgan fingerprint density at radius 1 is 0.366 bits per heavy atom. The number of unbranched alkanes of at least 4 members (excludes halogenated alkanes) is 24. The van der Waals surface area contributed by atoms with Gasteiger partial charge in [-0.15, -0.1) is 0 Å². The van der Waals surface area contributed by atoms with Gasteiger partial charge in [-0.3, -0.25) is 9.59 Å². The maximum Gasteiger partial charge on any atom is 0.313 e. The first kappa shape index (κ1) is 39.6. The number of ether oxygens (including phenoxy) is 1. The number of hydrogen-bond acceptors (Lipinski definition) is 3. The largest absolute Gasteiger partial charge is 0.393 e. The molecule has 0 aromatic heterocycles. The summed E-state index contributed by atoms with van der Waals surface area (Å²) in [5.41, 5.74) is 0.